The molecule has 2 aliphatic rings. The Morgan fingerprint density at radius 3 is 2.43 bits per heavy atom. The summed E-state index contributed by atoms with van der Waals surface area (Å²) < 4.78 is 2.30. The van der Waals surface area contributed by atoms with Crippen molar-refractivity contribution < 1.29 is 0 Å². The van der Waals surface area contributed by atoms with E-state index in [1.165, 1.54) is 44.9 Å². The van der Waals surface area contributed by atoms with Gasteiger partial charge < -0.3 is 15.2 Å². The highest BCUT2D eigenvalue weighted by Crippen LogP contribution is 2.15. The van der Waals surface area contributed by atoms with E-state index in [0.717, 1.165) is 44.1 Å². The maximum Gasteiger partial charge on any atom is 0.191 e. The van der Waals surface area contributed by atoms with Crippen LogP contribution in [-0.2, 0) is 19.4 Å². The summed E-state index contributed by atoms with van der Waals surface area (Å²) in [7, 11) is 0. The van der Waals surface area contributed by atoms with Crippen molar-refractivity contribution in [1.82, 2.24) is 19.7 Å². The molecule has 7 heteroatoms. The Bertz CT molecular complexity index is 505. The number of aliphatic imine (C=N–C) groups is 1. The van der Waals surface area contributed by atoms with E-state index >= 15 is 0 Å². The second-order valence-electron chi connectivity index (χ2n) is 6.39. The molecule has 0 radical (unpaired) electrons. The van der Waals surface area contributed by atoms with Crippen LogP contribution in [0.3, 0.4) is 0 Å². The predicted octanol–water partition coefficient (Wildman–Crippen LogP) is 2.36. The van der Waals surface area contributed by atoms with E-state index in [1.54, 1.807) is 0 Å². The van der Waals surface area contributed by atoms with Crippen molar-refractivity contribution in [3.05, 3.63) is 11.6 Å². The Morgan fingerprint density at radius 1 is 0.957 bits per heavy atom. The van der Waals surface area contributed by atoms with Crippen LogP contribution in [0.5, 0.6) is 0 Å². The van der Waals surface area contributed by atoms with Crippen molar-refractivity contribution in [2.75, 3.05) is 19.6 Å². The molecular weight excluding hydrogens is 403 g/mol. The molecule has 0 aliphatic carbocycles. The van der Waals surface area contributed by atoms with E-state index in [4.69, 9.17) is 5.73 Å². The normalized spacial score (nSPS) is 19.5. The lowest BCUT2D eigenvalue weighted by Gasteiger charge is -2.21. The zero-order valence-corrected chi connectivity index (χ0v) is 16.2. The van der Waals surface area contributed by atoms with Gasteiger partial charge >= 0.3 is 0 Å². The molecule has 23 heavy (non-hydrogen) atoms. The summed E-state index contributed by atoms with van der Waals surface area (Å²) in [6, 6.07) is 0. The van der Waals surface area contributed by atoms with E-state index in [1.807, 2.05) is 0 Å². The van der Waals surface area contributed by atoms with Gasteiger partial charge in [-0.15, -0.1) is 34.2 Å². The number of aryl methyl sites for hydroxylation is 1. The van der Waals surface area contributed by atoms with Gasteiger partial charge in [0.05, 0.1) is 0 Å². The molecule has 3 heterocycles. The van der Waals surface area contributed by atoms with Gasteiger partial charge in [0.1, 0.15) is 11.6 Å². The number of likely N-dealkylation sites (tertiary alicyclic amines) is 1. The Morgan fingerprint density at radius 2 is 1.65 bits per heavy atom. The number of hydrogen-bond donors (Lipinski definition) is 1. The fraction of sp³-hybridized carbons (Fsp3) is 0.812. The molecule has 1 fully saturated rings. The summed E-state index contributed by atoms with van der Waals surface area (Å²) in [6.45, 7) is 3.87. The molecular formula is C16H29IN6. The van der Waals surface area contributed by atoms with E-state index in [-0.39, 0.29) is 24.0 Å². The quantitative estimate of drug-likeness (QED) is 0.452. The third kappa shape index (κ3) is 5.06. The minimum atomic E-state index is 0. The Labute approximate surface area is 155 Å². The number of nitrogens with zero attached hydrogens (tertiary/aromatic N) is 5. The van der Waals surface area contributed by atoms with E-state index < -0.39 is 0 Å². The molecule has 1 aromatic rings. The Balaban J connectivity index is 0.00000192. The lowest BCUT2D eigenvalue weighted by Crippen LogP contribution is -2.38. The fourth-order valence-corrected chi connectivity index (χ4v) is 3.40. The summed E-state index contributed by atoms with van der Waals surface area (Å²) in [5, 5.41) is 8.69. The second-order valence-corrected chi connectivity index (χ2v) is 6.39. The maximum atomic E-state index is 6.15. The van der Waals surface area contributed by atoms with Gasteiger partial charge in [0.15, 0.2) is 5.96 Å². The molecule has 6 nitrogen and oxygen atoms in total. The van der Waals surface area contributed by atoms with E-state index in [0.29, 0.717) is 12.5 Å². The molecule has 0 spiro atoms. The highest BCUT2D eigenvalue weighted by molar-refractivity contribution is 14.0. The topological polar surface area (TPSA) is 72.3 Å². The number of halogens is 1. The van der Waals surface area contributed by atoms with Crippen LogP contribution in [0.2, 0.25) is 0 Å². The summed E-state index contributed by atoms with van der Waals surface area (Å²) in [5.74, 6) is 2.93. The molecule has 1 saturated heterocycles. The molecule has 1 aromatic heterocycles. The van der Waals surface area contributed by atoms with Crippen LogP contribution < -0.4 is 5.73 Å². The summed E-state index contributed by atoms with van der Waals surface area (Å²) >= 11 is 0. The lowest BCUT2D eigenvalue weighted by molar-refractivity contribution is 0.428. The van der Waals surface area contributed by atoms with Gasteiger partial charge in [-0.05, 0) is 25.7 Å². The number of fused-ring (bicyclic) bond motifs is 1. The first-order valence-corrected chi connectivity index (χ1v) is 8.80. The first-order chi connectivity index (χ1) is 10.8. The first kappa shape index (κ1) is 18.5. The van der Waals surface area contributed by atoms with Gasteiger partial charge in [0.2, 0.25) is 0 Å². The highest BCUT2D eigenvalue weighted by Gasteiger charge is 2.14. The number of rotatable bonds is 3. The van der Waals surface area contributed by atoms with Crippen LogP contribution in [0.15, 0.2) is 4.99 Å². The second kappa shape index (κ2) is 9.44. The third-order valence-electron chi connectivity index (χ3n) is 4.73. The zero-order chi connectivity index (χ0) is 15.2. The van der Waals surface area contributed by atoms with Crippen molar-refractivity contribution in [2.45, 2.75) is 64.3 Å². The lowest BCUT2D eigenvalue weighted by atomic mass is 10.2. The van der Waals surface area contributed by atoms with Crippen molar-refractivity contribution in [3.8, 4) is 0 Å². The molecule has 0 saturated carbocycles. The van der Waals surface area contributed by atoms with Gasteiger partial charge in [-0.25, -0.2) is 0 Å². The smallest absolute Gasteiger partial charge is 0.191 e. The average molecular weight is 432 g/mol. The largest absolute Gasteiger partial charge is 0.370 e. The van der Waals surface area contributed by atoms with Gasteiger partial charge in [-0.1, -0.05) is 19.3 Å². The summed E-state index contributed by atoms with van der Waals surface area (Å²) in [6.07, 6.45) is 10.7. The van der Waals surface area contributed by atoms with Crippen LogP contribution in [0, 0.1) is 0 Å². The SMILES string of the molecule is I.NC(=NCCc1nnc2n1CCCCC2)N1CCCCCC1. The average Bonchev–Trinajstić information content (AvgIpc) is 2.77. The number of nitrogens with two attached hydrogens (primary N) is 1. The Kier molecular flexibility index (Phi) is 7.58. The third-order valence-corrected chi connectivity index (χ3v) is 4.73. The maximum absolute atomic E-state index is 6.15. The highest BCUT2D eigenvalue weighted by atomic mass is 127. The molecule has 130 valence electrons. The molecule has 0 unspecified atom stereocenters. The molecule has 3 rings (SSSR count). The zero-order valence-electron chi connectivity index (χ0n) is 13.9. The standard InChI is InChI=1S/C16H28N6.HI/c17-16(21-11-5-1-2-6-12-21)18-10-9-15-20-19-14-8-4-3-7-13-22(14)15;/h1-13H2,(H2,17,18);1H. The van der Waals surface area contributed by atoms with Crippen molar-refractivity contribution in [3.63, 3.8) is 0 Å². The molecule has 2 N–H and O–H groups in total. The first-order valence-electron chi connectivity index (χ1n) is 8.80. The van der Waals surface area contributed by atoms with Gasteiger partial charge in [-0.3, -0.25) is 4.99 Å². The monoisotopic (exact) mass is 432 g/mol. The van der Waals surface area contributed by atoms with E-state index in [9.17, 15) is 0 Å². The van der Waals surface area contributed by atoms with Gasteiger partial charge in [0, 0.05) is 39.0 Å². The van der Waals surface area contributed by atoms with Gasteiger partial charge in [0.25, 0.3) is 0 Å². The van der Waals surface area contributed by atoms with Gasteiger partial charge in [-0.2, -0.15) is 0 Å². The van der Waals surface area contributed by atoms with Crippen LogP contribution in [0.4, 0.5) is 0 Å². The molecule has 0 bridgehead atoms. The minimum Gasteiger partial charge on any atom is -0.370 e. The van der Waals surface area contributed by atoms with E-state index in [2.05, 4.69) is 24.7 Å². The fourth-order valence-electron chi connectivity index (χ4n) is 3.40. The van der Waals surface area contributed by atoms with Crippen LogP contribution >= 0.6 is 24.0 Å². The van der Waals surface area contributed by atoms with Crippen molar-refractivity contribution in [1.29, 1.82) is 0 Å². The molecule has 0 amide bonds. The van der Waals surface area contributed by atoms with Crippen LogP contribution in [-0.4, -0.2) is 45.3 Å². The molecule has 0 aromatic carbocycles. The van der Waals surface area contributed by atoms with Crippen molar-refractivity contribution in [2.24, 2.45) is 10.7 Å². The predicted molar refractivity (Wildman–Crippen MR) is 103 cm³/mol. The Hall–Kier alpha value is -0.860. The number of hydrogen-bond acceptors (Lipinski definition) is 3. The van der Waals surface area contributed by atoms with Crippen LogP contribution in [0.25, 0.3) is 0 Å². The number of guanidine groups is 1. The molecule has 0 atom stereocenters. The molecule has 2 aliphatic heterocycles. The van der Waals surface area contributed by atoms with Crippen molar-refractivity contribution >= 4 is 29.9 Å². The minimum absolute atomic E-state index is 0. The number of aromatic nitrogens is 3. The van der Waals surface area contributed by atoms with Crippen LogP contribution in [0.1, 0.15) is 56.6 Å². The summed E-state index contributed by atoms with van der Waals surface area (Å²) in [5.41, 5.74) is 6.15. The summed E-state index contributed by atoms with van der Waals surface area (Å²) in [4.78, 5) is 6.81.